The Labute approximate surface area is 83.9 Å². The van der Waals surface area contributed by atoms with Crippen LogP contribution in [0.25, 0.3) is 0 Å². The molecule has 0 spiro atoms. The molecule has 0 amide bonds. The van der Waals surface area contributed by atoms with Crippen LogP contribution in [0.15, 0.2) is 0 Å². The first kappa shape index (κ1) is 29.4. The van der Waals surface area contributed by atoms with E-state index in [1.165, 1.54) is 0 Å². The van der Waals surface area contributed by atoms with Crippen molar-refractivity contribution in [1.29, 1.82) is 0 Å². The molecular formula is H4CdCuSeSn. The molecule has 0 saturated heterocycles. The summed E-state index contributed by atoms with van der Waals surface area (Å²) in [6.07, 6.45) is 0. The van der Waals surface area contributed by atoms with E-state index in [0.717, 1.165) is 0 Å². The molecule has 0 unspecified atom stereocenters. The van der Waals surface area contributed by atoms with E-state index < -0.39 is 0 Å². The Bertz CT molecular complexity index is 8.00. The summed E-state index contributed by atoms with van der Waals surface area (Å²) in [6.45, 7) is 0. The van der Waals surface area contributed by atoms with E-state index in [1.54, 1.807) is 0 Å². The molecule has 0 bridgehead atoms. The van der Waals surface area contributed by atoms with Crippen molar-refractivity contribution in [2.24, 2.45) is 0 Å². The van der Waals surface area contributed by atoms with Crippen LogP contribution in [0.5, 0.6) is 0 Å². The van der Waals surface area contributed by atoms with Crippen molar-refractivity contribution in [3.8, 4) is 0 Å². The van der Waals surface area contributed by atoms with Crippen molar-refractivity contribution >= 4 is 41.0 Å². The topological polar surface area (TPSA) is 0 Å². The number of hydrogen-bond acceptors (Lipinski definition) is 0. The Hall–Kier alpha value is 2.76. The van der Waals surface area contributed by atoms with Crippen LogP contribution < -0.4 is 0 Å². The van der Waals surface area contributed by atoms with Crippen molar-refractivity contribution in [2.75, 3.05) is 0 Å². The first-order valence-corrected chi connectivity index (χ1v) is 0. The van der Waals surface area contributed by atoms with Gasteiger partial charge in [0.25, 0.3) is 0 Å². The second-order valence-electron chi connectivity index (χ2n) is 0. The molecule has 4 heteroatoms. The monoisotopic (exact) mass is 381 g/mol. The van der Waals surface area contributed by atoms with Gasteiger partial charge in [0.1, 0.15) is 0 Å². The summed E-state index contributed by atoms with van der Waals surface area (Å²) in [5, 5.41) is 0. The van der Waals surface area contributed by atoms with Crippen molar-refractivity contribution in [1.82, 2.24) is 0 Å². The van der Waals surface area contributed by atoms with Gasteiger partial charge in [-0.15, -0.1) is 0 Å². The molecule has 0 aromatic rings. The normalized spacial score (nSPS) is 0. The molecule has 0 rings (SSSR count). The van der Waals surface area contributed by atoms with Gasteiger partial charge in [-0.2, -0.15) is 0 Å². The molecule has 4 heavy (non-hydrogen) atoms. The van der Waals surface area contributed by atoms with Gasteiger partial charge in [-0.3, -0.25) is 0 Å². The maximum absolute atomic E-state index is 0. The fourth-order valence-corrected chi connectivity index (χ4v) is 0. The van der Waals surface area contributed by atoms with Crippen molar-refractivity contribution in [2.45, 2.75) is 0 Å². The van der Waals surface area contributed by atoms with E-state index in [-0.39, 0.29) is 85.3 Å². The Kier molecular flexibility index (Phi) is 126. The summed E-state index contributed by atoms with van der Waals surface area (Å²) < 4.78 is 0. The van der Waals surface area contributed by atoms with Crippen LogP contribution in [0.4, 0.5) is 0 Å². The Morgan fingerprint density at radius 1 is 1.00 bits per heavy atom. The molecule has 0 aromatic carbocycles. The van der Waals surface area contributed by atoms with E-state index >= 15 is 0 Å². The van der Waals surface area contributed by atoms with Crippen LogP contribution in [0.2, 0.25) is 0 Å². The van der Waals surface area contributed by atoms with Crippen LogP contribution in [0.3, 0.4) is 0 Å². The van der Waals surface area contributed by atoms with Crippen LogP contribution in [-0.4, -0.2) is 41.0 Å². The summed E-state index contributed by atoms with van der Waals surface area (Å²) in [4.78, 5) is 0. The molecule has 0 fully saturated rings. The van der Waals surface area contributed by atoms with E-state index in [1.807, 2.05) is 0 Å². The van der Waals surface area contributed by atoms with Gasteiger partial charge < -0.3 is 0 Å². The third kappa shape index (κ3) is 8.83. The third-order valence-corrected chi connectivity index (χ3v) is 0. The Morgan fingerprint density at radius 2 is 1.00 bits per heavy atom. The van der Waals surface area contributed by atoms with Gasteiger partial charge in [-0.1, -0.05) is 0 Å². The molecule has 3 radical (unpaired) electrons. The minimum atomic E-state index is 0. The number of rotatable bonds is 0. The molecule has 0 atom stereocenters. The zero-order valence-electron chi connectivity index (χ0n) is 2.22. The van der Waals surface area contributed by atoms with Crippen molar-refractivity contribution in [3.05, 3.63) is 0 Å². The zero-order valence-corrected chi connectivity index (χ0v) is 13.3. The van der Waals surface area contributed by atoms with E-state index in [4.69, 9.17) is 0 Å². The molecule has 0 aromatic heterocycles. The summed E-state index contributed by atoms with van der Waals surface area (Å²) in [5.41, 5.74) is 0. The van der Waals surface area contributed by atoms with Crippen LogP contribution in [0.1, 0.15) is 0 Å². The zero-order chi connectivity index (χ0) is 0. The minimum absolute atomic E-state index is 0. The predicted molar refractivity (Wildman–Crippen MR) is 17.1 cm³/mol. The maximum atomic E-state index is 0. The summed E-state index contributed by atoms with van der Waals surface area (Å²) in [6, 6.07) is 0. The molecule has 0 aliphatic carbocycles. The quantitative estimate of drug-likeness (QED) is 0.436. The third-order valence-electron chi connectivity index (χ3n) is 0. The summed E-state index contributed by atoms with van der Waals surface area (Å²) >= 11 is 0. The predicted octanol–water partition coefficient (Wildman–Crippen LogP) is -1.84. The van der Waals surface area contributed by atoms with Crippen LogP contribution >= 0.6 is 0 Å². The van der Waals surface area contributed by atoms with Gasteiger partial charge >= 0.3 is 41.0 Å². The van der Waals surface area contributed by atoms with Crippen LogP contribution in [0, 0.1) is 0 Å². The molecule has 0 saturated carbocycles. The van der Waals surface area contributed by atoms with Gasteiger partial charge in [0.05, 0.1) is 0 Å². The Balaban J connectivity index is 0. The molecular weight excluding hydrogens is 374 g/mol. The second kappa shape index (κ2) is 17.1. The Morgan fingerprint density at radius 3 is 1.00 bits per heavy atom. The van der Waals surface area contributed by atoms with E-state index in [2.05, 4.69) is 0 Å². The fraction of sp³-hybridized carbons (Fsp3) is 0. The molecule has 27 valence electrons. The van der Waals surface area contributed by atoms with Gasteiger partial charge in [-0.05, 0) is 0 Å². The first-order chi connectivity index (χ1) is 0. The van der Waals surface area contributed by atoms with Gasteiger partial charge in [0, 0.05) is 44.4 Å². The van der Waals surface area contributed by atoms with E-state index in [9.17, 15) is 0 Å². The average Bonchev–Trinajstić information content (AvgIpc) is 0. The van der Waals surface area contributed by atoms with Gasteiger partial charge in [0.15, 0.2) is 0 Å². The molecule has 0 aliphatic rings. The van der Waals surface area contributed by atoms with E-state index in [0.29, 0.717) is 0 Å². The molecule has 0 heterocycles. The molecule has 0 aliphatic heterocycles. The fourth-order valence-electron chi connectivity index (χ4n) is 0. The number of hydrogen-bond donors (Lipinski definition) is 0. The molecule has 0 nitrogen and oxygen atoms in total. The first-order valence-electron chi connectivity index (χ1n) is 0. The van der Waals surface area contributed by atoms with Crippen molar-refractivity contribution in [3.63, 3.8) is 0 Å². The average molecular weight is 378 g/mol. The summed E-state index contributed by atoms with van der Waals surface area (Å²) in [7, 11) is 0. The molecule has 0 N–H and O–H groups in total. The van der Waals surface area contributed by atoms with Gasteiger partial charge in [0.2, 0.25) is 0 Å². The van der Waals surface area contributed by atoms with Gasteiger partial charge in [-0.25, -0.2) is 0 Å². The summed E-state index contributed by atoms with van der Waals surface area (Å²) in [5.74, 6) is 0. The SMILES string of the molecule is [Cd].[Cu].[SeH2].[SnH2]. The van der Waals surface area contributed by atoms with Crippen LogP contribution in [-0.2, 0) is 44.4 Å². The second-order valence-corrected chi connectivity index (χ2v) is 0. The standard InChI is InChI=1S/Cd.Cu.H2Se.Sn.2H/h;;1H2;;;. The van der Waals surface area contributed by atoms with Crippen molar-refractivity contribution < 1.29 is 44.4 Å².